The second-order valence-corrected chi connectivity index (χ2v) is 2.67. The van der Waals surface area contributed by atoms with Crippen molar-refractivity contribution in [3.05, 3.63) is 12.2 Å². The molecule has 3 heteroatoms. The van der Waals surface area contributed by atoms with Crippen LogP contribution in [-0.2, 0) is 9.59 Å². The zero-order chi connectivity index (χ0) is 9.40. The number of hydrogen-bond acceptors (Lipinski definition) is 2. The quantitative estimate of drug-likeness (QED) is 0.360. The number of rotatable bonds is 7. The van der Waals surface area contributed by atoms with Crippen LogP contribution in [0.15, 0.2) is 12.2 Å². The summed E-state index contributed by atoms with van der Waals surface area (Å²) in [6.07, 6.45) is 4.51. The van der Waals surface area contributed by atoms with Crippen molar-refractivity contribution >= 4 is 12.3 Å². The predicted octanol–water partition coefficient (Wildman–Crippen LogP) is 1.78. The third-order valence-electron chi connectivity index (χ3n) is 1.60. The van der Waals surface area contributed by atoms with E-state index < -0.39 is 5.97 Å². The van der Waals surface area contributed by atoms with E-state index in [4.69, 9.17) is 5.11 Å². The minimum atomic E-state index is -0.926. The van der Waals surface area contributed by atoms with E-state index in [1.54, 1.807) is 0 Å². The van der Waals surface area contributed by atoms with Crippen LogP contribution in [0.1, 0.15) is 32.1 Å². The first-order chi connectivity index (χ1) is 5.68. The topological polar surface area (TPSA) is 54.4 Å². The number of carboxylic acid groups (broad SMARTS) is 1. The number of carbonyl (C=O) groups is 2. The SMILES string of the molecule is C=C(CCCCCC=O)C(=O)O. The lowest BCUT2D eigenvalue weighted by atomic mass is 10.1. The van der Waals surface area contributed by atoms with Crippen molar-refractivity contribution in [2.45, 2.75) is 32.1 Å². The molecular weight excluding hydrogens is 156 g/mol. The molecule has 12 heavy (non-hydrogen) atoms. The van der Waals surface area contributed by atoms with E-state index in [9.17, 15) is 9.59 Å². The number of aliphatic carboxylic acids is 1. The molecule has 0 amide bonds. The average Bonchev–Trinajstić information content (AvgIpc) is 2.03. The van der Waals surface area contributed by atoms with Gasteiger partial charge < -0.3 is 9.90 Å². The van der Waals surface area contributed by atoms with Gasteiger partial charge in [-0.15, -0.1) is 0 Å². The van der Waals surface area contributed by atoms with Gasteiger partial charge in [-0.05, 0) is 19.3 Å². The summed E-state index contributed by atoms with van der Waals surface area (Å²) < 4.78 is 0. The van der Waals surface area contributed by atoms with Crippen LogP contribution in [0.25, 0.3) is 0 Å². The smallest absolute Gasteiger partial charge is 0.330 e. The molecule has 0 fully saturated rings. The summed E-state index contributed by atoms with van der Waals surface area (Å²) in [5, 5.41) is 8.43. The van der Waals surface area contributed by atoms with E-state index in [0.717, 1.165) is 25.5 Å². The summed E-state index contributed by atoms with van der Waals surface area (Å²) in [4.78, 5) is 20.2. The first-order valence-electron chi connectivity index (χ1n) is 4.03. The Hall–Kier alpha value is -1.12. The van der Waals surface area contributed by atoms with Gasteiger partial charge in [-0.1, -0.05) is 13.0 Å². The van der Waals surface area contributed by atoms with Crippen molar-refractivity contribution in [2.75, 3.05) is 0 Å². The van der Waals surface area contributed by atoms with Crippen molar-refractivity contribution in [3.63, 3.8) is 0 Å². The number of carbonyl (C=O) groups excluding carboxylic acids is 1. The van der Waals surface area contributed by atoms with Crippen LogP contribution in [0.5, 0.6) is 0 Å². The summed E-state index contributed by atoms with van der Waals surface area (Å²) in [6.45, 7) is 3.40. The van der Waals surface area contributed by atoms with Crippen molar-refractivity contribution in [2.24, 2.45) is 0 Å². The molecule has 0 aromatic carbocycles. The molecule has 0 bridgehead atoms. The Morgan fingerprint density at radius 3 is 2.50 bits per heavy atom. The number of unbranched alkanes of at least 4 members (excludes halogenated alkanes) is 3. The first kappa shape index (κ1) is 10.9. The molecule has 0 aromatic heterocycles. The summed E-state index contributed by atoms with van der Waals surface area (Å²) >= 11 is 0. The van der Waals surface area contributed by atoms with Gasteiger partial charge in [0.05, 0.1) is 0 Å². The highest BCUT2D eigenvalue weighted by Crippen LogP contribution is 2.07. The summed E-state index contributed by atoms with van der Waals surface area (Å²) in [5.74, 6) is -0.926. The first-order valence-corrected chi connectivity index (χ1v) is 4.03. The van der Waals surface area contributed by atoms with Gasteiger partial charge in [0.1, 0.15) is 6.29 Å². The van der Waals surface area contributed by atoms with Crippen LogP contribution in [0, 0.1) is 0 Å². The van der Waals surface area contributed by atoms with Gasteiger partial charge in [0.15, 0.2) is 0 Å². The Kier molecular flexibility index (Phi) is 5.97. The third-order valence-corrected chi connectivity index (χ3v) is 1.60. The molecule has 0 heterocycles. The molecule has 0 aliphatic rings. The molecule has 0 aliphatic heterocycles. The Morgan fingerprint density at radius 1 is 1.33 bits per heavy atom. The van der Waals surface area contributed by atoms with Gasteiger partial charge in [-0.3, -0.25) is 0 Å². The lowest BCUT2D eigenvalue weighted by Crippen LogP contribution is -1.98. The lowest BCUT2D eigenvalue weighted by molar-refractivity contribution is -0.132. The second-order valence-electron chi connectivity index (χ2n) is 2.67. The second kappa shape index (κ2) is 6.58. The molecule has 0 atom stereocenters. The molecule has 0 saturated heterocycles. The minimum absolute atomic E-state index is 0.251. The Balaban J connectivity index is 3.25. The van der Waals surface area contributed by atoms with E-state index in [2.05, 4.69) is 6.58 Å². The zero-order valence-corrected chi connectivity index (χ0v) is 7.08. The van der Waals surface area contributed by atoms with E-state index >= 15 is 0 Å². The Bertz CT molecular complexity index is 173. The fraction of sp³-hybridized carbons (Fsp3) is 0.556. The molecule has 0 rings (SSSR count). The van der Waals surface area contributed by atoms with Gasteiger partial charge >= 0.3 is 5.97 Å². The van der Waals surface area contributed by atoms with Gasteiger partial charge in [-0.25, -0.2) is 4.79 Å². The lowest BCUT2D eigenvalue weighted by Gasteiger charge is -1.98. The van der Waals surface area contributed by atoms with Crippen molar-refractivity contribution in [3.8, 4) is 0 Å². The van der Waals surface area contributed by atoms with Crippen molar-refractivity contribution in [1.29, 1.82) is 0 Å². The molecular formula is C9H14O3. The molecule has 0 saturated carbocycles. The fourth-order valence-electron chi connectivity index (χ4n) is 0.850. The maximum absolute atomic E-state index is 10.3. The van der Waals surface area contributed by atoms with Gasteiger partial charge in [0.2, 0.25) is 0 Å². The number of carboxylic acids is 1. The van der Waals surface area contributed by atoms with Crippen LogP contribution in [0.2, 0.25) is 0 Å². The Morgan fingerprint density at radius 2 is 2.00 bits per heavy atom. The van der Waals surface area contributed by atoms with Crippen LogP contribution in [0.3, 0.4) is 0 Å². The standard InChI is InChI=1S/C9H14O3/c1-8(9(11)12)6-4-2-3-5-7-10/h7H,1-6H2,(H,11,12). The normalized spacial score (nSPS) is 9.33. The maximum Gasteiger partial charge on any atom is 0.330 e. The fourth-order valence-corrected chi connectivity index (χ4v) is 0.850. The van der Waals surface area contributed by atoms with E-state index in [-0.39, 0.29) is 5.57 Å². The van der Waals surface area contributed by atoms with E-state index in [1.165, 1.54) is 0 Å². The summed E-state index contributed by atoms with van der Waals surface area (Å²) in [7, 11) is 0. The maximum atomic E-state index is 10.3. The minimum Gasteiger partial charge on any atom is -0.478 e. The highest BCUT2D eigenvalue weighted by atomic mass is 16.4. The summed E-state index contributed by atoms with van der Waals surface area (Å²) in [5.41, 5.74) is 0.251. The van der Waals surface area contributed by atoms with Gasteiger partial charge in [-0.2, -0.15) is 0 Å². The van der Waals surface area contributed by atoms with E-state index in [0.29, 0.717) is 12.8 Å². The summed E-state index contributed by atoms with van der Waals surface area (Å²) in [6, 6.07) is 0. The molecule has 0 aromatic rings. The van der Waals surface area contributed by atoms with Crippen LogP contribution in [-0.4, -0.2) is 17.4 Å². The zero-order valence-electron chi connectivity index (χ0n) is 7.08. The monoisotopic (exact) mass is 170 g/mol. The average molecular weight is 170 g/mol. The Labute approximate surface area is 72.1 Å². The molecule has 1 N–H and O–H groups in total. The molecule has 0 unspecified atom stereocenters. The van der Waals surface area contributed by atoms with Crippen LogP contribution in [0.4, 0.5) is 0 Å². The number of aldehydes is 1. The van der Waals surface area contributed by atoms with Crippen LogP contribution < -0.4 is 0 Å². The van der Waals surface area contributed by atoms with Gasteiger partial charge in [0.25, 0.3) is 0 Å². The molecule has 68 valence electrons. The highest BCUT2D eigenvalue weighted by molar-refractivity contribution is 5.85. The van der Waals surface area contributed by atoms with Crippen molar-refractivity contribution in [1.82, 2.24) is 0 Å². The molecule has 0 spiro atoms. The largest absolute Gasteiger partial charge is 0.478 e. The molecule has 3 nitrogen and oxygen atoms in total. The molecule has 0 radical (unpaired) electrons. The predicted molar refractivity (Wildman–Crippen MR) is 45.9 cm³/mol. The van der Waals surface area contributed by atoms with Gasteiger partial charge in [0, 0.05) is 12.0 Å². The van der Waals surface area contributed by atoms with Crippen LogP contribution >= 0.6 is 0 Å². The third kappa shape index (κ3) is 5.65. The molecule has 0 aliphatic carbocycles. The number of hydrogen-bond donors (Lipinski definition) is 1. The van der Waals surface area contributed by atoms with E-state index in [1.807, 2.05) is 0 Å². The highest BCUT2D eigenvalue weighted by Gasteiger charge is 2.01. The van der Waals surface area contributed by atoms with Crippen molar-refractivity contribution < 1.29 is 14.7 Å².